The van der Waals surface area contributed by atoms with Gasteiger partial charge >= 0.3 is 0 Å². The van der Waals surface area contributed by atoms with Gasteiger partial charge in [0.15, 0.2) is 5.78 Å². The van der Waals surface area contributed by atoms with E-state index in [0.29, 0.717) is 35.4 Å². The molecule has 4 rings (SSSR count). The summed E-state index contributed by atoms with van der Waals surface area (Å²) >= 11 is 0. The molecule has 0 heterocycles. The molecule has 2 nitrogen and oxygen atoms in total. The Kier molecular flexibility index (Phi) is 3.38. The van der Waals surface area contributed by atoms with E-state index in [1.54, 1.807) is 0 Å². The normalized spacial score (nSPS) is 50.6. The summed E-state index contributed by atoms with van der Waals surface area (Å²) in [5.74, 6) is 3.46. The van der Waals surface area contributed by atoms with Crippen LogP contribution in [0.3, 0.4) is 0 Å². The van der Waals surface area contributed by atoms with Crippen molar-refractivity contribution >= 4 is 5.78 Å². The minimum atomic E-state index is -0.117. The lowest BCUT2D eigenvalue weighted by atomic mass is 9.49. The molecule has 0 aliphatic heterocycles. The lowest BCUT2D eigenvalue weighted by molar-refractivity contribution is -0.116. The summed E-state index contributed by atoms with van der Waals surface area (Å²) in [5.41, 5.74) is 1.53. The van der Waals surface area contributed by atoms with E-state index < -0.39 is 0 Å². The fourth-order valence-electron chi connectivity index (χ4n) is 6.50. The van der Waals surface area contributed by atoms with Crippen LogP contribution in [0.2, 0.25) is 0 Å². The number of carbonyl (C=O) groups excluding carboxylic acids is 1. The monoisotopic (exact) mass is 300 g/mol. The lowest BCUT2D eigenvalue weighted by Gasteiger charge is -2.55. The van der Waals surface area contributed by atoms with Gasteiger partial charge in [0.05, 0.1) is 6.10 Å². The minimum absolute atomic E-state index is 0.117. The number of hydrogen-bond acceptors (Lipinski definition) is 2. The summed E-state index contributed by atoms with van der Waals surface area (Å²) < 4.78 is 0. The lowest BCUT2D eigenvalue weighted by Crippen LogP contribution is -2.50. The van der Waals surface area contributed by atoms with Crippen molar-refractivity contribution in [3.63, 3.8) is 0 Å². The second-order valence-corrected chi connectivity index (χ2v) is 8.42. The quantitative estimate of drug-likeness (QED) is 0.746. The minimum Gasteiger partial charge on any atom is -0.393 e. The van der Waals surface area contributed by atoms with Crippen molar-refractivity contribution in [2.24, 2.45) is 35.0 Å². The predicted octanol–water partition coefficient (Wildman–Crippen LogP) is 3.90. The number of aliphatic hydroxyl groups is 1. The van der Waals surface area contributed by atoms with E-state index in [9.17, 15) is 9.90 Å². The Labute approximate surface area is 133 Å². The molecule has 0 amide bonds. The van der Waals surface area contributed by atoms with E-state index in [1.807, 2.05) is 6.08 Å². The topological polar surface area (TPSA) is 37.3 Å². The van der Waals surface area contributed by atoms with E-state index in [-0.39, 0.29) is 11.5 Å². The van der Waals surface area contributed by atoms with Gasteiger partial charge in [-0.25, -0.2) is 0 Å². The summed E-state index contributed by atoms with van der Waals surface area (Å²) in [6.07, 6.45) is 11.3. The molecule has 0 bridgehead atoms. The Balaban J connectivity index is 1.71. The number of rotatable bonds is 1. The number of ketones is 1. The molecule has 3 fully saturated rings. The highest BCUT2D eigenvalue weighted by atomic mass is 16.3. The third kappa shape index (κ3) is 1.92. The number of hydrogen-bond donors (Lipinski definition) is 1. The second kappa shape index (κ2) is 5.06. The van der Waals surface area contributed by atoms with Gasteiger partial charge in [-0.3, -0.25) is 4.79 Å². The molecule has 0 aromatic rings. The zero-order valence-corrected chi connectivity index (χ0v) is 13.6. The molecule has 0 unspecified atom stereocenters. The van der Waals surface area contributed by atoms with Crippen molar-refractivity contribution < 1.29 is 9.90 Å². The Morgan fingerprint density at radius 1 is 1.32 bits per heavy atom. The van der Waals surface area contributed by atoms with Crippen LogP contribution >= 0.6 is 0 Å². The second-order valence-electron chi connectivity index (χ2n) is 8.42. The van der Waals surface area contributed by atoms with E-state index in [4.69, 9.17) is 0 Å². The van der Waals surface area contributed by atoms with Gasteiger partial charge in [0.25, 0.3) is 0 Å². The van der Waals surface area contributed by atoms with Gasteiger partial charge in [-0.05, 0) is 79.6 Å². The molecule has 1 N–H and O–H groups in total. The van der Waals surface area contributed by atoms with Crippen molar-refractivity contribution in [3.05, 3.63) is 24.3 Å². The van der Waals surface area contributed by atoms with Gasteiger partial charge in [0.1, 0.15) is 0 Å². The first-order valence-electron chi connectivity index (χ1n) is 9.08. The van der Waals surface area contributed by atoms with Gasteiger partial charge in [-0.1, -0.05) is 18.6 Å². The number of aliphatic hydroxyl groups excluding tert-OH is 1. The van der Waals surface area contributed by atoms with Crippen molar-refractivity contribution in [3.8, 4) is 0 Å². The number of allylic oxidation sites excluding steroid dienone is 2. The van der Waals surface area contributed by atoms with Gasteiger partial charge < -0.3 is 5.11 Å². The molecule has 0 radical (unpaired) electrons. The maximum absolute atomic E-state index is 11.8. The first-order valence-corrected chi connectivity index (χ1v) is 9.08. The molecule has 0 aromatic carbocycles. The maximum Gasteiger partial charge on any atom is 0.155 e. The van der Waals surface area contributed by atoms with E-state index in [2.05, 4.69) is 19.6 Å². The average Bonchev–Trinajstić information content (AvgIpc) is 2.81. The molecule has 0 saturated heterocycles. The summed E-state index contributed by atoms with van der Waals surface area (Å²) in [6.45, 7) is 6.43. The van der Waals surface area contributed by atoms with Gasteiger partial charge in [0.2, 0.25) is 0 Å². The van der Waals surface area contributed by atoms with Crippen LogP contribution in [-0.4, -0.2) is 17.0 Å². The van der Waals surface area contributed by atoms with E-state index in [1.165, 1.54) is 18.4 Å². The first-order chi connectivity index (χ1) is 10.5. The standard InChI is InChI=1S/C20H28O2/c1-3-12-10-13-11-14(21)4-5-15(13)16-8-9-20(2)17(19(12)16)6-7-18(20)22/h3,11-12,15-19,22H,1,4-10H2,2H3/t12-,15+,16-,17+,18+,19-,20+/m1/s1. The van der Waals surface area contributed by atoms with Crippen LogP contribution in [0, 0.1) is 35.0 Å². The molecule has 0 spiro atoms. The Morgan fingerprint density at radius 3 is 2.91 bits per heavy atom. The summed E-state index contributed by atoms with van der Waals surface area (Å²) in [7, 11) is 0. The molecule has 3 saturated carbocycles. The van der Waals surface area contributed by atoms with Crippen molar-refractivity contribution in [1.29, 1.82) is 0 Å². The first kappa shape index (κ1) is 14.7. The van der Waals surface area contributed by atoms with Crippen molar-refractivity contribution in [2.45, 2.75) is 58.0 Å². The zero-order valence-electron chi connectivity index (χ0n) is 13.6. The SMILES string of the molecule is C=C[C@@H]1CC2=CC(=O)CC[C@@H]2[C@H]2CC[C@]3(C)[C@@H](O)CC[C@H]3[C@@H]21. The van der Waals surface area contributed by atoms with Crippen LogP contribution in [0.25, 0.3) is 0 Å². The fourth-order valence-corrected chi connectivity index (χ4v) is 6.50. The van der Waals surface area contributed by atoms with Crippen molar-refractivity contribution in [2.75, 3.05) is 0 Å². The molecule has 120 valence electrons. The van der Waals surface area contributed by atoms with Crippen LogP contribution in [0.1, 0.15) is 51.9 Å². The highest BCUT2D eigenvalue weighted by molar-refractivity contribution is 5.91. The van der Waals surface area contributed by atoms with Crippen LogP contribution in [0.15, 0.2) is 24.3 Å². The van der Waals surface area contributed by atoms with E-state index in [0.717, 1.165) is 32.1 Å². The average molecular weight is 300 g/mol. The van der Waals surface area contributed by atoms with Gasteiger partial charge in [-0.15, -0.1) is 6.58 Å². The molecular weight excluding hydrogens is 272 g/mol. The molecule has 2 heteroatoms. The Bertz CT molecular complexity index is 534. The van der Waals surface area contributed by atoms with Crippen LogP contribution < -0.4 is 0 Å². The predicted molar refractivity (Wildman–Crippen MR) is 87.2 cm³/mol. The van der Waals surface area contributed by atoms with Crippen LogP contribution in [0.4, 0.5) is 0 Å². The number of fused-ring (bicyclic) bond motifs is 5. The molecule has 7 atom stereocenters. The molecule has 4 aliphatic rings. The third-order valence-corrected chi connectivity index (χ3v) is 7.64. The number of carbonyl (C=O) groups is 1. The Morgan fingerprint density at radius 2 is 2.14 bits per heavy atom. The fraction of sp³-hybridized carbons (Fsp3) is 0.750. The molecular formula is C20H28O2. The summed E-state index contributed by atoms with van der Waals surface area (Å²) in [4.78, 5) is 11.8. The van der Waals surface area contributed by atoms with Gasteiger partial charge in [-0.2, -0.15) is 0 Å². The molecule has 4 aliphatic carbocycles. The maximum atomic E-state index is 11.8. The zero-order chi connectivity index (χ0) is 15.5. The summed E-state index contributed by atoms with van der Waals surface area (Å²) in [6, 6.07) is 0. The third-order valence-electron chi connectivity index (χ3n) is 7.64. The Hall–Kier alpha value is -0.890. The van der Waals surface area contributed by atoms with Gasteiger partial charge in [0, 0.05) is 6.42 Å². The van der Waals surface area contributed by atoms with E-state index >= 15 is 0 Å². The molecule has 22 heavy (non-hydrogen) atoms. The van der Waals surface area contributed by atoms with Crippen LogP contribution in [-0.2, 0) is 4.79 Å². The molecule has 0 aromatic heterocycles. The van der Waals surface area contributed by atoms with Crippen molar-refractivity contribution in [1.82, 2.24) is 0 Å². The smallest absolute Gasteiger partial charge is 0.155 e. The highest BCUT2D eigenvalue weighted by Crippen LogP contribution is 2.63. The van der Waals surface area contributed by atoms with Crippen LogP contribution in [0.5, 0.6) is 0 Å². The summed E-state index contributed by atoms with van der Waals surface area (Å²) in [5, 5.41) is 10.5. The highest BCUT2D eigenvalue weighted by Gasteiger charge is 2.57. The largest absolute Gasteiger partial charge is 0.393 e.